The first-order valence-electron chi connectivity index (χ1n) is 7.23. The molecule has 1 unspecified atom stereocenters. The predicted octanol–water partition coefficient (Wildman–Crippen LogP) is 1.77. The zero-order chi connectivity index (χ0) is 14.5. The molecular weight excluding hydrogens is 290 g/mol. The fourth-order valence-corrected chi connectivity index (χ4v) is 2.75. The highest BCUT2D eigenvalue weighted by Gasteiger charge is 2.21. The first kappa shape index (κ1) is 17.7. The number of rotatable bonds is 4. The molecule has 0 aromatic carbocycles. The number of amides is 1. The molecule has 0 aliphatic carbocycles. The van der Waals surface area contributed by atoms with Gasteiger partial charge in [0.25, 0.3) is 0 Å². The van der Waals surface area contributed by atoms with Crippen molar-refractivity contribution in [2.75, 3.05) is 18.4 Å². The molecular formula is C15H24ClN3O2. The number of carbonyl (C=O) groups excluding carboxylic acids is 1. The van der Waals surface area contributed by atoms with Gasteiger partial charge in [0.05, 0.1) is 5.69 Å². The van der Waals surface area contributed by atoms with Crippen LogP contribution < -0.4 is 16.2 Å². The van der Waals surface area contributed by atoms with Gasteiger partial charge in [-0.2, -0.15) is 0 Å². The summed E-state index contributed by atoms with van der Waals surface area (Å²) in [4.78, 5) is 23.3. The van der Waals surface area contributed by atoms with E-state index in [-0.39, 0.29) is 23.9 Å². The number of hydrogen-bond acceptors (Lipinski definition) is 3. The molecule has 1 atom stereocenters. The number of pyridine rings is 1. The lowest BCUT2D eigenvalue weighted by Gasteiger charge is -2.27. The molecule has 1 amide bonds. The molecule has 0 bridgehead atoms. The van der Waals surface area contributed by atoms with Gasteiger partial charge in [-0.1, -0.05) is 6.92 Å². The number of halogens is 1. The number of piperidine rings is 1. The van der Waals surface area contributed by atoms with E-state index < -0.39 is 0 Å². The molecule has 1 aliphatic heterocycles. The predicted molar refractivity (Wildman–Crippen MR) is 86.9 cm³/mol. The molecule has 2 heterocycles. The maximum atomic E-state index is 12.0. The van der Waals surface area contributed by atoms with Crippen LogP contribution in [0.2, 0.25) is 0 Å². The first-order chi connectivity index (χ1) is 9.56. The van der Waals surface area contributed by atoms with Crippen LogP contribution in [0.5, 0.6) is 0 Å². The minimum atomic E-state index is -0.0777. The zero-order valence-electron chi connectivity index (χ0n) is 12.6. The van der Waals surface area contributed by atoms with Gasteiger partial charge < -0.3 is 15.2 Å². The Morgan fingerprint density at radius 2 is 2.10 bits per heavy atom. The topological polar surface area (TPSA) is 63.1 Å². The van der Waals surface area contributed by atoms with Crippen molar-refractivity contribution in [2.24, 2.45) is 18.9 Å². The summed E-state index contributed by atoms with van der Waals surface area (Å²) in [7, 11) is 1.68. The lowest BCUT2D eigenvalue weighted by atomic mass is 9.84. The third-order valence-electron chi connectivity index (χ3n) is 4.07. The number of aryl methyl sites for hydroxylation is 1. The van der Waals surface area contributed by atoms with E-state index >= 15 is 0 Å². The normalized spacial score (nSPS) is 16.9. The van der Waals surface area contributed by atoms with Crippen LogP contribution in [-0.2, 0) is 11.8 Å². The summed E-state index contributed by atoms with van der Waals surface area (Å²) in [6.07, 6.45) is 4.48. The minimum absolute atomic E-state index is 0. The van der Waals surface area contributed by atoms with E-state index in [0.717, 1.165) is 25.9 Å². The van der Waals surface area contributed by atoms with E-state index in [0.29, 0.717) is 23.9 Å². The summed E-state index contributed by atoms with van der Waals surface area (Å²) in [5.41, 5.74) is 0.598. The summed E-state index contributed by atoms with van der Waals surface area (Å²) in [5, 5.41) is 6.21. The van der Waals surface area contributed by atoms with Crippen molar-refractivity contribution in [1.29, 1.82) is 0 Å². The minimum Gasteiger partial charge on any atom is -0.325 e. The van der Waals surface area contributed by atoms with E-state index in [9.17, 15) is 9.59 Å². The van der Waals surface area contributed by atoms with Crippen molar-refractivity contribution in [3.8, 4) is 0 Å². The van der Waals surface area contributed by atoms with Gasteiger partial charge in [-0.25, -0.2) is 0 Å². The zero-order valence-corrected chi connectivity index (χ0v) is 13.4. The molecule has 0 saturated carbocycles. The summed E-state index contributed by atoms with van der Waals surface area (Å²) in [5.74, 6) is 1.04. The van der Waals surface area contributed by atoms with Crippen LogP contribution in [0.4, 0.5) is 5.69 Å². The lowest BCUT2D eigenvalue weighted by molar-refractivity contribution is -0.117. The second-order valence-electron chi connectivity index (χ2n) is 5.68. The van der Waals surface area contributed by atoms with E-state index in [1.54, 1.807) is 19.3 Å². The second-order valence-corrected chi connectivity index (χ2v) is 5.68. The fraction of sp³-hybridized carbons (Fsp3) is 0.600. The molecule has 0 radical (unpaired) electrons. The molecule has 5 nitrogen and oxygen atoms in total. The van der Waals surface area contributed by atoms with Crippen LogP contribution in [0.15, 0.2) is 23.1 Å². The number of anilines is 1. The van der Waals surface area contributed by atoms with Gasteiger partial charge in [-0.3, -0.25) is 9.59 Å². The second kappa shape index (κ2) is 8.20. The highest BCUT2D eigenvalue weighted by atomic mass is 35.5. The summed E-state index contributed by atoms with van der Waals surface area (Å²) < 4.78 is 1.46. The smallest absolute Gasteiger partial charge is 0.250 e. The van der Waals surface area contributed by atoms with Gasteiger partial charge in [0.2, 0.25) is 11.5 Å². The number of aromatic nitrogens is 1. The summed E-state index contributed by atoms with van der Waals surface area (Å²) in [6.45, 7) is 4.26. The molecule has 2 N–H and O–H groups in total. The van der Waals surface area contributed by atoms with E-state index in [2.05, 4.69) is 17.6 Å². The molecule has 6 heteroatoms. The Labute approximate surface area is 131 Å². The van der Waals surface area contributed by atoms with Crippen LogP contribution >= 0.6 is 12.4 Å². The van der Waals surface area contributed by atoms with E-state index in [1.165, 1.54) is 10.6 Å². The number of nitrogens with one attached hydrogen (secondary N) is 2. The Balaban J connectivity index is 0.00000220. The van der Waals surface area contributed by atoms with Crippen molar-refractivity contribution < 1.29 is 4.79 Å². The average Bonchev–Trinajstić information content (AvgIpc) is 2.44. The average molecular weight is 314 g/mol. The Bertz CT molecular complexity index is 524. The highest BCUT2D eigenvalue weighted by Crippen LogP contribution is 2.24. The van der Waals surface area contributed by atoms with Crippen molar-refractivity contribution >= 4 is 24.0 Å². The van der Waals surface area contributed by atoms with Crippen LogP contribution in [0.25, 0.3) is 0 Å². The number of hydrogen-bond donors (Lipinski definition) is 2. The number of nitrogens with zero attached hydrogens (tertiary/aromatic N) is 1. The van der Waals surface area contributed by atoms with E-state index in [1.807, 2.05) is 0 Å². The van der Waals surface area contributed by atoms with Gasteiger partial charge in [0.1, 0.15) is 0 Å². The lowest BCUT2D eigenvalue weighted by Crippen LogP contribution is -2.32. The van der Waals surface area contributed by atoms with Gasteiger partial charge in [-0.05, 0) is 43.8 Å². The van der Waals surface area contributed by atoms with Crippen LogP contribution in [0, 0.1) is 11.8 Å². The Hall–Kier alpha value is -1.33. The Morgan fingerprint density at radius 3 is 2.71 bits per heavy atom. The monoisotopic (exact) mass is 313 g/mol. The van der Waals surface area contributed by atoms with Crippen molar-refractivity contribution in [3.05, 3.63) is 28.7 Å². The molecule has 1 aromatic rings. The summed E-state index contributed by atoms with van der Waals surface area (Å²) in [6, 6.07) is 3.11. The first-order valence-corrected chi connectivity index (χ1v) is 7.23. The molecule has 2 rings (SSSR count). The largest absolute Gasteiger partial charge is 0.325 e. The number of carbonyl (C=O) groups is 1. The molecule has 1 aliphatic rings. The van der Waals surface area contributed by atoms with E-state index in [4.69, 9.17) is 0 Å². The van der Waals surface area contributed by atoms with Gasteiger partial charge in [0.15, 0.2) is 0 Å². The third-order valence-corrected chi connectivity index (χ3v) is 4.07. The van der Waals surface area contributed by atoms with Crippen molar-refractivity contribution in [2.45, 2.75) is 26.2 Å². The Morgan fingerprint density at radius 1 is 1.43 bits per heavy atom. The fourth-order valence-electron chi connectivity index (χ4n) is 2.75. The van der Waals surface area contributed by atoms with Crippen LogP contribution in [0.1, 0.15) is 26.2 Å². The van der Waals surface area contributed by atoms with Gasteiger partial charge >= 0.3 is 0 Å². The molecule has 0 spiro atoms. The quantitative estimate of drug-likeness (QED) is 0.890. The third kappa shape index (κ3) is 5.17. The molecule has 118 valence electrons. The Kier molecular flexibility index (Phi) is 6.92. The van der Waals surface area contributed by atoms with Crippen LogP contribution in [0.3, 0.4) is 0 Å². The van der Waals surface area contributed by atoms with Crippen molar-refractivity contribution in [1.82, 2.24) is 9.88 Å². The summed E-state index contributed by atoms with van der Waals surface area (Å²) >= 11 is 0. The molecule has 1 saturated heterocycles. The molecule has 21 heavy (non-hydrogen) atoms. The highest BCUT2D eigenvalue weighted by molar-refractivity contribution is 5.90. The van der Waals surface area contributed by atoms with Gasteiger partial charge in [-0.15, -0.1) is 12.4 Å². The standard InChI is InChI=1S/C15H23N3O2.ClH/c1-11(12-5-7-16-8-6-12)9-14(19)17-13-3-4-15(20)18(2)10-13;/h3-4,10-12,16H,5-9H2,1-2H3,(H,17,19);1H. The van der Waals surface area contributed by atoms with Crippen molar-refractivity contribution in [3.63, 3.8) is 0 Å². The maximum Gasteiger partial charge on any atom is 0.250 e. The van der Waals surface area contributed by atoms with Gasteiger partial charge in [0, 0.05) is 25.7 Å². The molecule has 1 aromatic heterocycles. The molecule has 1 fully saturated rings. The SMILES string of the molecule is CC(CC(=O)Nc1ccc(=O)n(C)c1)C1CCNCC1.Cl. The van der Waals surface area contributed by atoms with Crippen LogP contribution in [-0.4, -0.2) is 23.6 Å². The maximum absolute atomic E-state index is 12.0.